The van der Waals surface area contributed by atoms with Crippen molar-refractivity contribution in [1.29, 1.82) is 0 Å². The number of benzene rings is 3. The molecule has 6 rings (SSSR count). The van der Waals surface area contributed by atoms with Gasteiger partial charge in [-0.3, -0.25) is 9.69 Å². The van der Waals surface area contributed by atoms with Crippen LogP contribution in [0.25, 0.3) is 0 Å². The summed E-state index contributed by atoms with van der Waals surface area (Å²) in [6.07, 6.45) is 2.41. The average Bonchev–Trinajstić information content (AvgIpc) is 2.93. The molecule has 0 amide bonds. The van der Waals surface area contributed by atoms with Gasteiger partial charge in [0, 0.05) is 30.1 Å². The molecule has 3 aromatic rings. The fourth-order valence-corrected chi connectivity index (χ4v) is 6.27. The predicted octanol–water partition coefficient (Wildman–Crippen LogP) is 5.27. The van der Waals surface area contributed by atoms with Crippen molar-refractivity contribution in [3.05, 3.63) is 101 Å². The van der Waals surface area contributed by atoms with Crippen LogP contribution in [0.4, 0.5) is 0 Å². The number of hydrogen-bond donors (Lipinski definition) is 2. The van der Waals surface area contributed by atoms with Gasteiger partial charge in [0.15, 0.2) is 0 Å². The van der Waals surface area contributed by atoms with Gasteiger partial charge in [0.1, 0.15) is 5.75 Å². The first-order chi connectivity index (χ1) is 17.6. The number of rotatable bonds is 9. The van der Waals surface area contributed by atoms with Crippen molar-refractivity contribution >= 4 is 5.97 Å². The molecule has 0 aliphatic carbocycles. The lowest BCUT2D eigenvalue weighted by atomic mass is 9.70. The molecule has 3 aromatic carbocycles. The molecule has 2 bridgehead atoms. The molecule has 3 saturated heterocycles. The van der Waals surface area contributed by atoms with Crippen molar-refractivity contribution in [3.8, 4) is 5.75 Å². The first kappa shape index (κ1) is 24.5. The molecule has 0 spiro atoms. The van der Waals surface area contributed by atoms with E-state index in [1.54, 1.807) is 14.0 Å². The smallest absolute Gasteiger partial charge is 0.310 e. The molecule has 2 N–H and O–H groups in total. The SMILES string of the molecule is COc1ccc(C(C)C(=O)O)cc1CN[C@H]1C2CCN(CC2)[C@H]1C(c1ccccc1)c1ccccc1. The third kappa shape index (κ3) is 4.91. The summed E-state index contributed by atoms with van der Waals surface area (Å²) in [5.74, 6) is 0.310. The third-order valence-corrected chi connectivity index (χ3v) is 8.23. The molecule has 1 unspecified atom stereocenters. The zero-order chi connectivity index (χ0) is 25.1. The minimum atomic E-state index is -0.815. The number of carboxylic acid groups (broad SMARTS) is 1. The molecular formula is C31H36N2O3. The van der Waals surface area contributed by atoms with Crippen LogP contribution in [0.2, 0.25) is 0 Å². The quantitative estimate of drug-likeness (QED) is 0.433. The molecule has 3 fully saturated rings. The predicted molar refractivity (Wildman–Crippen MR) is 142 cm³/mol. The Morgan fingerprint density at radius 1 is 0.972 bits per heavy atom. The lowest BCUT2D eigenvalue weighted by Gasteiger charge is -2.54. The Hall–Kier alpha value is -3.15. The highest BCUT2D eigenvalue weighted by atomic mass is 16.5. The summed E-state index contributed by atoms with van der Waals surface area (Å²) >= 11 is 0. The van der Waals surface area contributed by atoms with Gasteiger partial charge in [0.2, 0.25) is 0 Å². The first-order valence-electron chi connectivity index (χ1n) is 13.0. The van der Waals surface area contributed by atoms with Crippen molar-refractivity contribution in [2.24, 2.45) is 5.92 Å². The van der Waals surface area contributed by atoms with Crippen molar-refractivity contribution in [3.63, 3.8) is 0 Å². The molecule has 188 valence electrons. The molecule has 0 saturated carbocycles. The molecule has 0 aromatic heterocycles. The number of ether oxygens (including phenoxy) is 1. The number of nitrogens with one attached hydrogen (secondary N) is 1. The van der Waals surface area contributed by atoms with Gasteiger partial charge in [-0.25, -0.2) is 0 Å². The van der Waals surface area contributed by atoms with E-state index >= 15 is 0 Å². The molecule has 36 heavy (non-hydrogen) atoms. The molecule has 0 radical (unpaired) electrons. The van der Waals surface area contributed by atoms with Gasteiger partial charge in [-0.05, 0) is 67.6 Å². The lowest BCUT2D eigenvalue weighted by molar-refractivity contribution is -0.138. The molecular weight excluding hydrogens is 448 g/mol. The highest BCUT2D eigenvalue weighted by molar-refractivity contribution is 5.75. The van der Waals surface area contributed by atoms with Gasteiger partial charge in [0.25, 0.3) is 0 Å². The number of piperidine rings is 3. The number of nitrogens with zero attached hydrogens (tertiary/aromatic N) is 1. The minimum absolute atomic E-state index is 0.272. The van der Waals surface area contributed by atoms with E-state index in [2.05, 4.69) is 70.9 Å². The van der Waals surface area contributed by atoms with Crippen LogP contribution in [0, 0.1) is 5.92 Å². The van der Waals surface area contributed by atoms with Gasteiger partial charge in [0.05, 0.1) is 13.0 Å². The van der Waals surface area contributed by atoms with E-state index < -0.39 is 11.9 Å². The maximum absolute atomic E-state index is 11.6. The van der Waals surface area contributed by atoms with E-state index in [-0.39, 0.29) is 5.92 Å². The van der Waals surface area contributed by atoms with E-state index in [1.807, 2.05) is 18.2 Å². The molecule has 3 heterocycles. The van der Waals surface area contributed by atoms with Crippen LogP contribution in [0.3, 0.4) is 0 Å². The largest absolute Gasteiger partial charge is 0.496 e. The van der Waals surface area contributed by atoms with Crippen molar-refractivity contribution in [1.82, 2.24) is 10.2 Å². The average molecular weight is 485 g/mol. The molecule has 5 nitrogen and oxygen atoms in total. The van der Waals surface area contributed by atoms with Gasteiger partial charge >= 0.3 is 5.97 Å². The van der Waals surface area contributed by atoms with Crippen LogP contribution in [-0.4, -0.2) is 48.3 Å². The summed E-state index contributed by atoms with van der Waals surface area (Å²) in [5, 5.41) is 13.5. The maximum atomic E-state index is 11.6. The highest BCUT2D eigenvalue weighted by Crippen LogP contribution is 2.42. The maximum Gasteiger partial charge on any atom is 0.310 e. The Balaban J connectivity index is 1.47. The Morgan fingerprint density at radius 2 is 1.58 bits per heavy atom. The standard InChI is InChI=1S/C31H36N2O3/c1-21(31(34)35)25-13-14-27(36-2)26(19-25)20-32-29-24-15-17-33(18-16-24)30(29)28(22-9-5-3-6-10-22)23-11-7-4-8-12-23/h3-14,19,21,24,28-30,32H,15-18,20H2,1-2H3,(H,34,35)/t21?,29-,30-/m0/s1. The fraction of sp³-hybridized carbons (Fsp3) is 0.387. The first-order valence-corrected chi connectivity index (χ1v) is 13.0. The second kappa shape index (κ2) is 10.9. The molecule has 3 aliphatic rings. The van der Waals surface area contributed by atoms with Gasteiger partial charge in [-0.15, -0.1) is 0 Å². The Bertz CT molecular complexity index is 1120. The summed E-state index contributed by atoms with van der Waals surface area (Å²) < 4.78 is 5.66. The zero-order valence-corrected chi connectivity index (χ0v) is 21.1. The summed E-state index contributed by atoms with van der Waals surface area (Å²) in [6.45, 7) is 4.65. The third-order valence-electron chi connectivity index (χ3n) is 8.23. The van der Waals surface area contributed by atoms with Crippen LogP contribution in [0.15, 0.2) is 78.9 Å². The zero-order valence-electron chi connectivity index (χ0n) is 21.1. The number of aliphatic carboxylic acids is 1. The van der Waals surface area contributed by atoms with Crippen LogP contribution >= 0.6 is 0 Å². The van der Waals surface area contributed by atoms with Crippen molar-refractivity contribution in [2.45, 2.75) is 50.2 Å². The van der Waals surface area contributed by atoms with E-state index in [0.29, 0.717) is 24.5 Å². The second-order valence-electron chi connectivity index (χ2n) is 10.2. The van der Waals surface area contributed by atoms with E-state index in [1.165, 1.54) is 24.0 Å². The van der Waals surface area contributed by atoms with Crippen LogP contribution in [-0.2, 0) is 11.3 Å². The highest BCUT2D eigenvalue weighted by Gasteiger charge is 2.46. The normalized spacial score (nSPS) is 24.0. The molecule has 3 atom stereocenters. The van der Waals surface area contributed by atoms with Gasteiger partial charge < -0.3 is 15.2 Å². The van der Waals surface area contributed by atoms with Crippen molar-refractivity contribution in [2.75, 3.05) is 20.2 Å². The van der Waals surface area contributed by atoms with E-state index in [0.717, 1.165) is 30.0 Å². The topological polar surface area (TPSA) is 61.8 Å². The van der Waals surface area contributed by atoms with Crippen LogP contribution in [0.5, 0.6) is 5.75 Å². The number of hydrogen-bond acceptors (Lipinski definition) is 4. The monoisotopic (exact) mass is 484 g/mol. The van der Waals surface area contributed by atoms with Gasteiger partial charge in [-0.1, -0.05) is 66.7 Å². The molecule has 5 heteroatoms. The summed E-state index contributed by atoms with van der Waals surface area (Å²) in [5.41, 5.74) is 4.51. The van der Waals surface area contributed by atoms with E-state index in [4.69, 9.17) is 4.74 Å². The summed E-state index contributed by atoms with van der Waals surface area (Å²) in [7, 11) is 1.68. The fourth-order valence-electron chi connectivity index (χ4n) is 6.27. The Kier molecular flexibility index (Phi) is 7.40. The summed E-state index contributed by atoms with van der Waals surface area (Å²) in [4.78, 5) is 14.3. The summed E-state index contributed by atoms with van der Waals surface area (Å²) in [6, 6.07) is 28.2. The number of carbonyl (C=O) groups is 1. The van der Waals surface area contributed by atoms with Crippen LogP contribution < -0.4 is 10.1 Å². The molecule has 3 aliphatic heterocycles. The number of methoxy groups -OCH3 is 1. The number of carboxylic acids is 1. The Morgan fingerprint density at radius 3 is 2.14 bits per heavy atom. The van der Waals surface area contributed by atoms with Crippen molar-refractivity contribution < 1.29 is 14.6 Å². The lowest BCUT2D eigenvalue weighted by Crippen LogP contribution is -2.64. The van der Waals surface area contributed by atoms with E-state index in [9.17, 15) is 9.90 Å². The van der Waals surface area contributed by atoms with Crippen LogP contribution in [0.1, 0.15) is 53.9 Å². The number of fused-ring (bicyclic) bond motifs is 3. The minimum Gasteiger partial charge on any atom is -0.496 e. The second-order valence-corrected chi connectivity index (χ2v) is 10.2. The van der Waals surface area contributed by atoms with Gasteiger partial charge in [-0.2, -0.15) is 0 Å². The Labute approximate surface area is 214 Å².